The van der Waals surface area contributed by atoms with Crippen molar-refractivity contribution in [2.75, 3.05) is 5.75 Å². The van der Waals surface area contributed by atoms with Gasteiger partial charge in [-0.25, -0.2) is 8.42 Å². The van der Waals surface area contributed by atoms with Crippen molar-refractivity contribution in [2.24, 2.45) is 0 Å². The quantitative estimate of drug-likeness (QED) is 0.741. The van der Waals surface area contributed by atoms with Crippen LogP contribution in [0.3, 0.4) is 0 Å². The zero-order chi connectivity index (χ0) is 11.8. The Labute approximate surface area is 94.6 Å². The van der Waals surface area contributed by atoms with Gasteiger partial charge in [0.15, 0.2) is 15.6 Å². The van der Waals surface area contributed by atoms with Crippen LogP contribution < -0.4 is 0 Å². The van der Waals surface area contributed by atoms with Crippen LogP contribution in [0.5, 0.6) is 0 Å². The Morgan fingerprint density at radius 3 is 2.69 bits per heavy atom. The van der Waals surface area contributed by atoms with E-state index in [0.717, 1.165) is 6.42 Å². The molecule has 0 amide bonds. The van der Waals surface area contributed by atoms with Gasteiger partial charge < -0.3 is 4.42 Å². The Balaban J connectivity index is 2.28. The Kier molecular flexibility index (Phi) is 2.88. The van der Waals surface area contributed by atoms with Gasteiger partial charge in [-0.2, -0.15) is 0 Å². The molecule has 1 saturated heterocycles. The predicted octanol–water partition coefficient (Wildman–Crippen LogP) is 1.74. The number of sulfone groups is 1. The van der Waals surface area contributed by atoms with Crippen molar-refractivity contribution in [1.82, 2.24) is 0 Å². The first-order chi connectivity index (χ1) is 7.50. The third kappa shape index (κ3) is 2.04. The second-order valence-corrected chi connectivity index (χ2v) is 6.43. The number of hydrogen-bond acceptors (Lipinski definition) is 4. The molecule has 2 rings (SSSR count). The van der Waals surface area contributed by atoms with Crippen molar-refractivity contribution < 1.29 is 17.6 Å². The molecule has 0 bridgehead atoms. The molecular weight excluding hydrogens is 228 g/mol. The number of Topliss-reactive ketones (excluding diaryl/α,β-unsaturated/α-hetero) is 1. The highest BCUT2D eigenvalue weighted by Gasteiger charge is 2.36. The van der Waals surface area contributed by atoms with Crippen molar-refractivity contribution in [3.8, 4) is 0 Å². The van der Waals surface area contributed by atoms with E-state index in [1.807, 2.05) is 0 Å². The molecule has 0 radical (unpaired) electrons. The van der Waals surface area contributed by atoms with Gasteiger partial charge in [0.05, 0.1) is 5.75 Å². The van der Waals surface area contributed by atoms with Gasteiger partial charge in [-0.1, -0.05) is 6.42 Å². The number of furan rings is 1. The first-order valence-corrected chi connectivity index (χ1v) is 7.04. The number of hydrogen-bond donors (Lipinski definition) is 0. The molecule has 0 spiro atoms. The second-order valence-electron chi connectivity index (χ2n) is 4.13. The summed E-state index contributed by atoms with van der Waals surface area (Å²) in [5.41, 5.74) is 0. The number of ketones is 1. The van der Waals surface area contributed by atoms with E-state index in [1.54, 1.807) is 19.1 Å². The topological polar surface area (TPSA) is 64.3 Å². The van der Waals surface area contributed by atoms with Crippen LogP contribution in [0.25, 0.3) is 0 Å². The fourth-order valence-corrected chi connectivity index (χ4v) is 3.83. The second kappa shape index (κ2) is 4.05. The monoisotopic (exact) mass is 242 g/mol. The Morgan fingerprint density at radius 2 is 2.12 bits per heavy atom. The average Bonchev–Trinajstić information content (AvgIpc) is 2.63. The minimum absolute atomic E-state index is 0.114. The average molecular weight is 242 g/mol. The maximum Gasteiger partial charge on any atom is 0.216 e. The van der Waals surface area contributed by atoms with Gasteiger partial charge in [0.2, 0.25) is 5.78 Å². The third-order valence-electron chi connectivity index (χ3n) is 2.85. The highest BCUT2D eigenvalue weighted by molar-refractivity contribution is 7.92. The molecule has 1 aromatic heterocycles. The lowest BCUT2D eigenvalue weighted by atomic mass is 10.1. The first-order valence-electron chi connectivity index (χ1n) is 5.33. The molecule has 1 aliphatic heterocycles. The van der Waals surface area contributed by atoms with Gasteiger partial charge in [0, 0.05) is 0 Å². The number of rotatable bonds is 2. The van der Waals surface area contributed by atoms with E-state index in [1.165, 1.54) is 0 Å². The van der Waals surface area contributed by atoms with Crippen molar-refractivity contribution in [2.45, 2.75) is 31.4 Å². The third-order valence-corrected chi connectivity index (χ3v) is 5.03. The van der Waals surface area contributed by atoms with Crippen LogP contribution >= 0.6 is 0 Å². The summed E-state index contributed by atoms with van der Waals surface area (Å²) in [5, 5.41) is -0.896. The van der Waals surface area contributed by atoms with Crippen LogP contribution in [0.4, 0.5) is 0 Å². The van der Waals surface area contributed by atoms with E-state index in [-0.39, 0.29) is 11.5 Å². The van der Waals surface area contributed by atoms with Gasteiger partial charge in [-0.3, -0.25) is 4.79 Å². The maximum atomic E-state index is 12.0. The predicted molar refractivity (Wildman–Crippen MR) is 59.2 cm³/mol. The standard InChI is InChI=1S/C11H14O4S/c1-8-5-6-9(15-8)11(12)10-4-2-3-7-16(10,13)14/h5-6,10H,2-4,7H2,1H3. The summed E-state index contributed by atoms with van der Waals surface area (Å²) in [7, 11) is -3.27. The van der Waals surface area contributed by atoms with Crippen LogP contribution in [-0.4, -0.2) is 25.2 Å². The van der Waals surface area contributed by atoms with Gasteiger partial charge >= 0.3 is 0 Å². The number of aryl methyl sites for hydroxylation is 1. The van der Waals surface area contributed by atoms with Crippen molar-refractivity contribution in [1.29, 1.82) is 0 Å². The van der Waals surface area contributed by atoms with Crippen molar-refractivity contribution >= 4 is 15.6 Å². The number of carbonyl (C=O) groups excluding carboxylic acids is 1. The molecule has 1 aromatic rings. The summed E-state index contributed by atoms with van der Waals surface area (Å²) < 4.78 is 28.7. The fraction of sp³-hybridized carbons (Fsp3) is 0.545. The minimum Gasteiger partial charge on any atom is -0.458 e. The summed E-state index contributed by atoms with van der Waals surface area (Å²) in [6.45, 7) is 1.73. The normalized spacial score (nSPS) is 24.2. The first kappa shape index (κ1) is 11.4. The Morgan fingerprint density at radius 1 is 1.38 bits per heavy atom. The zero-order valence-corrected chi connectivity index (χ0v) is 9.92. The van der Waals surface area contributed by atoms with E-state index in [2.05, 4.69) is 0 Å². The molecule has 16 heavy (non-hydrogen) atoms. The van der Waals surface area contributed by atoms with E-state index in [0.29, 0.717) is 18.6 Å². The van der Waals surface area contributed by atoms with E-state index in [4.69, 9.17) is 4.42 Å². The molecule has 4 nitrogen and oxygen atoms in total. The Hall–Kier alpha value is -1.10. The zero-order valence-electron chi connectivity index (χ0n) is 9.10. The van der Waals surface area contributed by atoms with Crippen molar-refractivity contribution in [3.05, 3.63) is 23.7 Å². The largest absolute Gasteiger partial charge is 0.458 e. The molecule has 2 heterocycles. The molecule has 1 fully saturated rings. The van der Waals surface area contributed by atoms with Crippen LogP contribution in [-0.2, 0) is 9.84 Å². The van der Waals surface area contributed by atoms with Crippen molar-refractivity contribution in [3.63, 3.8) is 0 Å². The molecule has 0 aromatic carbocycles. The minimum atomic E-state index is -3.27. The van der Waals surface area contributed by atoms with E-state index in [9.17, 15) is 13.2 Å². The highest BCUT2D eigenvalue weighted by Crippen LogP contribution is 2.23. The molecule has 0 aliphatic carbocycles. The number of carbonyl (C=O) groups is 1. The smallest absolute Gasteiger partial charge is 0.216 e. The maximum absolute atomic E-state index is 12.0. The van der Waals surface area contributed by atoms with Crippen LogP contribution in [0.15, 0.2) is 16.5 Å². The summed E-state index contributed by atoms with van der Waals surface area (Å²) in [4.78, 5) is 12.0. The molecule has 5 heteroatoms. The van der Waals surface area contributed by atoms with Gasteiger partial charge in [0.1, 0.15) is 11.0 Å². The molecule has 0 N–H and O–H groups in total. The molecule has 1 aliphatic rings. The molecule has 1 unspecified atom stereocenters. The summed E-state index contributed by atoms with van der Waals surface area (Å²) >= 11 is 0. The lowest BCUT2D eigenvalue weighted by Gasteiger charge is -2.19. The van der Waals surface area contributed by atoms with E-state index >= 15 is 0 Å². The molecule has 0 saturated carbocycles. The Bertz CT molecular complexity index is 498. The molecule has 88 valence electrons. The summed E-state index contributed by atoms with van der Waals surface area (Å²) in [6, 6.07) is 3.21. The van der Waals surface area contributed by atoms with Gasteiger partial charge in [0.25, 0.3) is 0 Å². The van der Waals surface area contributed by atoms with Gasteiger partial charge in [-0.05, 0) is 31.9 Å². The summed E-state index contributed by atoms with van der Waals surface area (Å²) in [6.07, 6.45) is 1.86. The summed E-state index contributed by atoms with van der Waals surface area (Å²) in [5.74, 6) is 0.501. The highest BCUT2D eigenvalue weighted by atomic mass is 32.2. The molecular formula is C11H14O4S. The van der Waals surface area contributed by atoms with Gasteiger partial charge in [-0.15, -0.1) is 0 Å². The fourth-order valence-electron chi connectivity index (χ4n) is 1.97. The lowest BCUT2D eigenvalue weighted by Crippen LogP contribution is -2.35. The SMILES string of the molecule is Cc1ccc(C(=O)C2CCCCS2(=O)=O)o1. The van der Waals surface area contributed by atoms with E-state index < -0.39 is 20.9 Å². The van der Waals surface area contributed by atoms with Crippen LogP contribution in [0.2, 0.25) is 0 Å². The van der Waals surface area contributed by atoms with Crippen LogP contribution in [0, 0.1) is 6.92 Å². The van der Waals surface area contributed by atoms with Crippen LogP contribution in [0.1, 0.15) is 35.6 Å². The molecule has 1 atom stereocenters. The lowest BCUT2D eigenvalue weighted by molar-refractivity contribution is 0.0953.